The second-order valence-corrected chi connectivity index (χ2v) is 12.2. The zero-order valence-electron chi connectivity index (χ0n) is 26.2. The van der Waals surface area contributed by atoms with E-state index in [0.29, 0.717) is 0 Å². The SMILES string of the molecule is COc1ccnc(C(=O)NC2COC(=O)C(Cc3ccccc3)C(OC(=O)C(C)C)C(C)OC2=O)c1OC(=O)c1c(Cl)cc(Cl)cc1Cl. The van der Waals surface area contributed by atoms with E-state index in [1.165, 1.54) is 38.4 Å². The standard InChI is InChI=1S/C33H31Cl3N2O10/c1-16(2)30(40)47-27-17(3)46-32(42)23(15-45-31(41)20(27)12-18-8-6-5-7-9-18)38-29(39)26-28(24(44-4)10-11-37-26)48-33(43)25-21(35)13-19(34)14-22(25)36/h5-11,13-14,16-17,20,23,27H,12,15H2,1-4H3,(H,38,39). The van der Waals surface area contributed by atoms with E-state index < -0.39 is 77.9 Å². The molecule has 48 heavy (non-hydrogen) atoms. The fourth-order valence-electron chi connectivity index (χ4n) is 4.71. The first-order valence-electron chi connectivity index (χ1n) is 14.6. The number of pyridine rings is 1. The summed E-state index contributed by atoms with van der Waals surface area (Å²) in [7, 11) is 1.27. The van der Waals surface area contributed by atoms with Crippen molar-refractivity contribution in [1.82, 2.24) is 10.3 Å². The van der Waals surface area contributed by atoms with E-state index in [1.807, 2.05) is 6.07 Å². The van der Waals surface area contributed by atoms with Crippen molar-refractivity contribution < 1.29 is 47.7 Å². The minimum absolute atomic E-state index is 0.0691. The number of aromatic nitrogens is 1. The Balaban J connectivity index is 1.61. The van der Waals surface area contributed by atoms with Crippen LogP contribution in [0.3, 0.4) is 0 Å². The van der Waals surface area contributed by atoms with E-state index in [4.69, 9.17) is 58.5 Å². The van der Waals surface area contributed by atoms with Crippen LogP contribution in [-0.4, -0.2) is 66.7 Å². The second-order valence-electron chi connectivity index (χ2n) is 11.0. The van der Waals surface area contributed by atoms with Crippen LogP contribution in [-0.2, 0) is 35.0 Å². The summed E-state index contributed by atoms with van der Waals surface area (Å²) in [4.78, 5) is 70.3. The molecule has 0 spiro atoms. The molecule has 1 fully saturated rings. The molecule has 2 heterocycles. The molecule has 0 saturated carbocycles. The number of ether oxygens (including phenoxy) is 5. The Hall–Kier alpha value is -4.39. The molecule has 1 N–H and O–H groups in total. The van der Waals surface area contributed by atoms with Crippen molar-refractivity contribution in [1.29, 1.82) is 0 Å². The van der Waals surface area contributed by atoms with E-state index in [-0.39, 0.29) is 32.8 Å². The number of carbonyl (C=O) groups excluding carboxylic acids is 5. The van der Waals surface area contributed by atoms with Gasteiger partial charge >= 0.3 is 23.9 Å². The van der Waals surface area contributed by atoms with Gasteiger partial charge in [-0.2, -0.15) is 0 Å². The Morgan fingerprint density at radius 1 is 1.02 bits per heavy atom. The van der Waals surface area contributed by atoms with Gasteiger partial charge in [-0.25, -0.2) is 14.6 Å². The normalized spacial score (nSPS) is 19.6. The minimum Gasteiger partial charge on any atom is -0.493 e. The minimum atomic E-state index is -1.54. The summed E-state index contributed by atoms with van der Waals surface area (Å²) >= 11 is 18.3. The second kappa shape index (κ2) is 16.1. The number of hydrogen-bond donors (Lipinski definition) is 1. The van der Waals surface area contributed by atoms with Crippen LogP contribution in [0.2, 0.25) is 15.1 Å². The van der Waals surface area contributed by atoms with Crippen molar-refractivity contribution >= 4 is 64.6 Å². The van der Waals surface area contributed by atoms with Crippen LogP contribution in [0, 0.1) is 11.8 Å². The Kier molecular flexibility index (Phi) is 12.3. The summed E-state index contributed by atoms with van der Waals surface area (Å²) in [5.41, 5.74) is 0.0418. The highest BCUT2D eigenvalue weighted by molar-refractivity contribution is 6.42. The van der Waals surface area contributed by atoms with Crippen molar-refractivity contribution in [3.63, 3.8) is 0 Å². The summed E-state index contributed by atoms with van der Waals surface area (Å²) in [5, 5.41) is 2.37. The predicted octanol–water partition coefficient (Wildman–Crippen LogP) is 5.28. The van der Waals surface area contributed by atoms with Gasteiger partial charge in [0.15, 0.2) is 23.6 Å². The maximum Gasteiger partial charge on any atom is 0.346 e. The lowest BCUT2D eigenvalue weighted by molar-refractivity contribution is -0.176. The van der Waals surface area contributed by atoms with Crippen molar-refractivity contribution in [3.05, 3.63) is 86.6 Å². The molecule has 4 unspecified atom stereocenters. The van der Waals surface area contributed by atoms with Gasteiger partial charge in [-0.1, -0.05) is 79.0 Å². The van der Waals surface area contributed by atoms with Crippen molar-refractivity contribution in [2.75, 3.05) is 13.7 Å². The molecule has 3 aromatic rings. The average molecular weight is 722 g/mol. The lowest BCUT2D eigenvalue weighted by Crippen LogP contribution is -2.47. The van der Waals surface area contributed by atoms with Crippen molar-refractivity contribution in [2.45, 2.75) is 45.4 Å². The van der Waals surface area contributed by atoms with Gasteiger partial charge in [-0.15, -0.1) is 0 Å². The first-order chi connectivity index (χ1) is 22.8. The molecule has 0 bridgehead atoms. The van der Waals surface area contributed by atoms with E-state index >= 15 is 0 Å². The number of amides is 1. The molecule has 1 aliphatic rings. The third kappa shape index (κ3) is 8.74. The summed E-state index contributed by atoms with van der Waals surface area (Å²) in [5.74, 6) is -6.53. The number of halogens is 3. The van der Waals surface area contributed by atoms with Gasteiger partial charge in [0.25, 0.3) is 5.91 Å². The highest BCUT2D eigenvalue weighted by Crippen LogP contribution is 2.34. The van der Waals surface area contributed by atoms with Crippen LogP contribution >= 0.6 is 34.8 Å². The van der Waals surface area contributed by atoms with Gasteiger partial charge in [0.05, 0.1) is 28.6 Å². The zero-order chi connectivity index (χ0) is 35.1. The molecular weight excluding hydrogens is 691 g/mol. The first-order valence-corrected chi connectivity index (χ1v) is 15.8. The van der Waals surface area contributed by atoms with E-state index in [9.17, 15) is 24.0 Å². The molecule has 1 amide bonds. The third-order valence-corrected chi connectivity index (χ3v) is 7.99. The molecule has 1 aromatic heterocycles. The zero-order valence-corrected chi connectivity index (χ0v) is 28.4. The molecule has 1 saturated heterocycles. The van der Waals surface area contributed by atoms with E-state index in [0.717, 1.165) is 5.56 Å². The molecule has 2 aromatic carbocycles. The first kappa shape index (κ1) is 36.4. The highest BCUT2D eigenvalue weighted by Gasteiger charge is 2.42. The molecule has 4 rings (SSSR count). The molecule has 0 radical (unpaired) electrons. The summed E-state index contributed by atoms with van der Waals surface area (Å²) < 4.78 is 27.6. The smallest absolute Gasteiger partial charge is 0.346 e. The van der Waals surface area contributed by atoms with Crippen LogP contribution in [0.5, 0.6) is 11.5 Å². The van der Waals surface area contributed by atoms with Gasteiger partial charge in [-0.3, -0.25) is 14.4 Å². The largest absolute Gasteiger partial charge is 0.493 e. The molecule has 15 heteroatoms. The van der Waals surface area contributed by atoms with E-state index in [1.54, 1.807) is 38.1 Å². The number of methoxy groups -OCH3 is 1. The van der Waals surface area contributed by atoms with Crippen LogP contribution < -0.4 is 14.8 Å². The predicted molar refractivity (Wildman–Crippen MR) is 173 cm³/mol. The summed E-state index contributed by atoms with van der Waals surface area (Å²) in [6.45, 7) is 4.09. The molecule has 254 valence electrons. The Morgan fingerprint density at radius 2 is 1.69 bits per heavy atom. The fraction of sp³-hybridized carbons (Fsp3) is 0.333. The number of nitrogens with zero attached hydrogens (tertiary/aromatic N) is 1. The van der Waals surface area contributed by atoms with Gasteiger partial charge in [0.2, 0.25) is 5.75 Å². The van der Waals surface area contributed by atoms with Crippen molar-refractivity contribution in [2.24, 2.45) is 11.8 Å². The Bertz CT molecular complexity index is 1680. The van der Waals surface area contributed by atoms with Gasteiger partial charge in [0.1, 0.15) is 18.6 Å². The number of carbonyl (C=O) groups is 5. The summed E-state index contributed by atoms with van der Waals surface area (Å²) in [6, 6.07) is 11.3. The summed E-state index contributed by atoms with van der Waals surface area (Å²) in [6.07, 6.45) is -1.01. The topological polar surface area (TPSA) is 156 Å². The lowest BCUT2D eigenvalue weighted by Gasteiger charge is -2.29. The number of nitrogens with one attached hydrogen (secondary N) is 1. The van der Waals surface area contributed by atoms with Gasteiger partial charge in [-0.05, 0) is 31.0 Å². The maximum absolute atomic E-state index is 13.6. The van der Waals surface area contributed by atoms with Crippen molar-refractivity contribution in [3.8, 4) is 11.5 Å². The monoisotopic (exact) mass is 720 g/mol. The maximum atomic E-state index is 13.6. The molecule has 4 atom stereocenters. The van der Waals surface area contributed by atoms with E-state index in [2.05, 4.69) is 10.3 Å². The quantitative estimate of drug-likeness (QED) is 0.227. The molecular formula is C33H31Cl3N2O10. The lowest BCUT2D eigenvalue weighted by atomic mass is 9.91. The molecule has 12 nitrogen and oxygen atoms in total. The van der Waals surface area contributed by atoms with Crippen LogP contribution in [0.25, 0.3) is 0 Å². The fourth-order valence-corrected chi connectivity index (χ4v) is 5.68. The van der Waals surface area contributed by atoms with Crippen LogP contribution in [0.1, 0.15) is 47.2 Å². The van der Waals surface area contributed by atoms with Crippen LogP contribution in [0.4, 0.5) is 0 Å². The number of cyclic esters (lactones) is 2. The average Bonchev–Trinajstić information content (AvgIpc) is 3.06. The Labute approximate surface area is 290 Å². The highest BCUT2D eigenvalue weighted by atomic mass is 35.5. The number of rotatable bonds is 9. The van der Waals surface area contributed by atoms with Crippen LogP contribution in [0.15, 0.2) is 54.7 Å². The van der Waals surface area contributed by atoms with Gasteiger partial charge < -0.3 is 29.0 Å². The number of hydrogen-bond acceptors (Lipinski definition) is 11. The van der Waals surface area contributed by atoms with Gasteiger partial charge in [0, 0.05) is 17.3 Å². The molecule has 1 aliphatic heterocycles. The number of esters is 4. The third-order valence-electron chi connectivity index (χ3n) is 7.18. The molecule has 0 aliphatic carbocycles. The number of benzene rings is 2. The Morgan fingerprint density at radius 3 is 2.31 bits per heavy atom.